The van der Waals surface area contributed by atoms with Gasteiger partial charge >= 0.3 is 0 Å². The number of likely N-dealkylation sites (tertiary alicyclic amines) is 1. The third-order valence-electron chi connectivity index (χ3n) is 5.04. The molecule has 1 saturated heterocycles. The standard InChI is InChI=1S/C17H27N3O2/c1-10(2)13-8-20(11(3)4)9-15(13)18-17(21)14-7-16(22-19-14)12-5-6-12/h7,10-13,15H,5-6,8-9H2,1-4H3,(H,18,21)/t13-,15+/m1/s1. The molecular formula is C17H27N3O2. The molecule has 0 unspecified atom stereocenters. The van der Waals surface area contributed by atoms with Crippen LogP contribution in [0, 0.1) is 11.8 Å². The zero-order valence-corrected chi connectivity index (χ0v) is 14.0. The second-order valence-corrected chi connectivity index (χ2v) is 7.42. The van der Waals surface area contributed by atoms with Gasteiger partial charge in [-0.05, 0) is 38.5 Å². The second-order valence-electron chi connectivity index (χ2n) is 7.42. The Morgan fingerprint density at radius 2 is 2.05 bits per heavy atom. The number of carbonyl (C=O) groups excluding carboxylic acids is 1. The molecule has 2 atom stereocenters. The molecule has 0 aromatic carbocycles. The minimum Gasteiger partial charge on any atom is -0.360 e. The molecule has 2 heterocycles. The summed E-state index contributed by atoms with van der Waals surface area (Å²) in [6.07, 6.45) is 2.30. The van der Waals surface area contributed by atoms with E-state index in [1.807, 2.05) is 6.07 Å². The van der Waals surface area contributed by atoms with Gasteiger partial charge in [0.05, 0.1) is 0 Å². The van der Waals surface area contributed by atoms with Crippen LogP contribution in [-0.4, -0.2) is 41.1 Å². The normalized spacial score (nSPS) is 26.1. The Balaban J connectivity index is 1.65. The molecule has 0 spiro atoms. The van der Waals surface area contributed by atoms with E-state index in [9.17, 15) is 4.79 Å². The highest BCUT2D eigenvalue weighted by Crippen LogP contribution is 2.40. The number of carbonyl (C=O) groups is 1. The van der Waals surface area contributed by atoms with E-state index in [2.05, 4.69) is 43.1 Å². The Hall–Kier alpha value is -1.36. The summed E-state index contributed by atoms with van der Waals surface area (Å²) < 4.78 is 5.29. The molecule has 5 heteroatoms. The van der Waals surface area contributed by atoms with Gasteiger partial charge in [-0.3, -0.25) is 9.69 Å². The molecular weight excluding hydrogens is 278 g/mol. The quantitative estimate of drug-likeness (QED) is 0.908. The summed E-state index contributed by atoms with van der Waals surface area (Å²) >= 11 is 0. The highest BCUT2D eigenvalue weighted by atomic mass is 16.5. The zero-order valence-electron chi connectivity index (χ0n) is 14.0. The molecule has 1 aliphatic heterocycles. The Labute approximate surface area is 132 Å². The smallest absolute Gasteiger partial charge is 0.273 e. The van der Waals surface area contributed by atoms with Gasteiger partial charge in [-0.1, -0.05) is 19.0 Å². The van der Waals surface area contributed by atoms with Crippen molar-refractivity contribution < 1.29 is 9.32 Å². The molecule has 2 fully saturated rings. The Bertz CT molecular complexity index is 534. The highest BCUT2D eigenvalue weighted by Gasteiger charge is 2.37. The van der Waals surface area contributed by atoms with Gasteiger partial charge < -0.3 is 9.84 Å². The molecule has 1 amide bonds. The molecule has 0 bridgehead atoms. The third-order valence-corrected chi connectivity index (χ3v) is 5.04. The van der Waals surface area contributed by atoms with Crippen LogP contribution in [0.25, 0.3) is 0 Å². The van der Waals surface area contributed by atoms with Gasteiger partial charge in [0.2, 0.25) is 0 Å². The molecule has 1 saturated carbocycles. The van der Waals surface area contributed by atoms with E-state index in [1.165, 1.54) is 0 Å². The third kappa shape index (κ3) is 3.19. The van der Waals surface area contributed by atoms with E-state index in [-0.39, 0.29) is 11.9 Å². The minimum absolute atomic E-state index is 0.100. The molecule has 1 N–H and O–H groups in total. The van der Waals surface area contributed by atoms with Crippen molar-refractivity contribution in [3.05, 3.63) is 17.5 Å². The van der Waals surface area contributed by atoms with Crippen LogP contribution in [0.1, 0.15) is 62.7 Å². The fraction of sp³-hybridized carbons (Fsp3) is 0.765. The number of nitrogens with zero attached hydrogens (tertiary/aromatic N) is 2. The van der Waals surface area contributed by atoms with Crippen molar-refractivity contribution in [2.75, 3.05) is 13.1 Å². The summed E-state index contributed by atoms with van der Waals surface area (Å²) in [6.45, 7) is 10.8. The topological polar surface area (TPSA) is 58.4 Å². The maximum absolute atomic E-state index is 12.4. The van der Waals surface area contributed by atoms with Crippen LogP contribution in [-0.2, 0) is 0 Å². The Morgan fingerprint density at radius 1 is 1.32 bits per heavy atom. The van der Waals surface area contributed by atoms with Crippen molar-refractivity contribution in [3.63, 3.8) is 0 Å². The lowest BCUT2D eigenvalue weighted by Crippen LogP contribution is -2.42. The van der Waals surface area contributed by atoms with Gasteiger partial charge in [0.15, 0.2) is 5.69 Å². The molecule has 1 aromatic rings. The first-order valence-corrected chi connectivity index (χ1v) is 8.47. The summed E-state index contributed by atoms with van der Waals surface area (Å²) in [4.78, 5) is 14.9. The molecule has 22 heavy (non-hydrogen) atoms. The number of hydrogen-bond donors (Lipinski definition) is 1. The number of hydrogen-bond acceptors (Lipinski definition) is 4. The van der Waals surface area contributed by atoms with Crippen LogP contribution < -0.4 is 5.32 Å². The summed E-state index contributed by atoms with van der Waals surface area (Å²) in [7, 11) is 0. The van der Waals surface area contributed by atoms with Crippen molar-refractivity contribution in [2.45, 2.75) is 58.5 Å². The first kappa shape index (κ1) is 15.5. The van der Waals surface area contributed by atoms with Crippen LogP contribution in [0.5, 0.6) is 0 Å². The number of amides is 1. The van der Waals surface area contributed by atoms with Crippen molar-refractivity contribution in [3.8, 4) is 0 Å². The SMILES string of the molecule is CC(C)[C@H]1CN(C(C)C)C[C@@H]1NC(=O)c1cc(C2CC2)on1. The Morgan fingerprint density at radius 3 is 2.64 bits per heavy atom. The minimum atomic E-state index is -0.100. The van der Waals surface area contributed by atoms with E-state index < -0.39 is 0 Å². The molecule has 2 aliphatic rings. The summed E-state index contributed by atoms with van der Waals surface area (Å²) in [5.41, 5.74) is 0.424. The number of aromatic nitrogens is 1. The average molecular weight is 305 g/mol. The molecule has 122 valence electrons. The first-order valence-electron chi connectivity index (χ1n) is 8.47. The molecule has 0 radical (unpaired) electrons. The van der Waals surface area contributed by atoms with Gasteiger partial charge in [-0.25, -0.2) is 0 Å². The lowest BCUT2D eigenvalue weighted by molar-refractivity contribution is 0.0915. The highest BCUT2D eigenvalue weighted by molar-refractivity contribution is 5.92. The van der Waals surface area contributed by atoms with E-state index in [0.29, 0.717) is 29.5 Å². The van der Waals surface area contributed by atoms with Gasteiger partial charge in [0, 0.05) is 37.2 Å². The Kier molecular flexibility index (Phi) is 4.26. The maximum Gasteiger partial charge on any atom is 0.273 e. The van der Waals surface area contributed by atoms with Gasteiger partial charge in [0.1, 0.15) is 5.76 Å². The van der Waals surface area contributed by atoms with E-state index in [4.69, 9.17) is 4.52 Å². The second kappa shape index (κ2) is 6.03. The van der Waals surface area contributed by atoms with E-state index in [0.717, 1.165) is 31.7 Å². The summed E-state index contributed by atoms with van der Waals surface area (Å²) in [6, 6.07) is 2.51. The molecule has 1 aromatic heterocycles. The molecule has 5 nitrogen and oxygen atoms in total. The number of rotatable bonds is 5. The lowest BCUT2D eigenvalue weighted by atomic mass is 9.91. The van der Waals surface area contributed by atoms with Gasteiger partial charge in [0.25, 0.3) is 5.91 Å². The maximum atomic E-state index is 12.4. The molecule has 3 rings (SSSR count). The fourth-order valence-corrected chi connectivity index (χ4v) is 3.31. The lowest BCUT2D eigenvalue weighted by Gasteiger charge is -2.22. The fourth-order valence-electron chi connectivity index (χ4n) is 3.31. The van der Waals surface area contributed by atoms with Crippen LogP contribution in [0.15, 0.2) is 10.6 Å². The first-order chi connectivity index (χ1) is 10.5. The summed E-state index contributed by atoms with van der Waals surface area (Å²) in [5.74, 6) is 2.28. The largest absolute Gasteiger partial charge is 0.360 e. The van der Waals surface area contributed by atoms with Crippen LogP contribution >= 0.6 is 0 Å². The van der Waals surface area contributed by atoms with Crippen LogP contribution in [0.2, 0.25) is 0 Å². The van der Waals surface area contributed by atoms with E-state index >= 15 is 0 Å². The van der Waals surface area contributed by atoms with Crippen molar-refractivity contribution >= 4 is 5.91 Å². The predicted octanol–water partition coefficient (Wildman–Crippen LogP) is 2.65. The van der Waals surface area contributed by atoms with Crippen molar-refractivity contribution in [1.29, 1.82) is 0 Å². The van der Waals surface area contributed by atoms with E-state index in [1.54, 1.807) is 0 Å². The molecule has 1 aliphatic carbocycles. The van der Waals surface area contributed by atoms with Crippen LogP contribution in [0.4, 0.5) is 0 Å². The van der Waals surface area contributed by atoms with Gasteiger partial charge in [-0.2, -0.15) is 0 Å². The van der Waals surface area contributed by atoms with Crippen molar-refractivity contribution in [2.24, 2.45) is 11.8 Å². The number of nitrogens with one attached hydrogen (secondary N) is 1. The van der Waals surface area contributed by atoms with Crippen LogP contribution in [0.3, 0.4) is 0 Å². The zero-order chi connectivity index (χ0) is 15.9. The monoisotopic (exact) mass is 305 g/mol. The van der Waals surface area contributed by atoms with Gasteiger partial charge in [-0.15, -0.1) is 0 Å². The average Bonchev–Trinajstić information content (AvgIpc) is 3.02. The predicted molar refractivity (Wildman–Crippen MR) is 84.8 cm³/mol. The van der Waals surface area contributed by atoms with Crippen molar-refractivity contribution in [1.82, 2.24) is 15.4 Å². The summed E-state index contributed by atoms with van der Waals surface area (Å²) in [5, 5.41) is 7.12.